The summed E-state index contributed by atoms with van der Waals surface area (Å²) in [5.74, 6) is -0.647. The molecule has 0 aromatic heterocycles. The SMILES string of the molecule is O=C(O)CC(NC(=O)Nc1cccc(Cl)c1Br)C1CC1. The van der Waals surface area contributed by atoms with Crippen molar-refractivity contribution < 1.29 is 14.7 Å². The Morgan fingerprint density at radius 3 is 2.75 bits per heavy atom. The Balaban J connectivity index is 1.97. The van der Waals surface area contributed by atoms with Gasteiger partial charge in [0.05, 0.1) is 21.6 Å². The molecule has 0 heterocycles. The smallest absolute Gasteiger partial charge is 0.319 e. The van der Waals surface area contributed by atoms with Crippen molar-refractivity contribution in [3.63, 3.8) is 0 Å². The van der Waals surface area contributed by atoms with Crippen molar-refractivity contribution in [1.82, 2.24) is 5.32 Å². The van der Waals surface area contributed by atoms with Crippen LogP contribution in [0.5, 0.6) is 0 Å². The minimum Gasteiger partial charge on any atom is -0.481 e. The van der Waals surface area contributed by atoms with Crippen LogP contribution in [-0.4, -0.2) is 23.1 Å². The molecule has 108 valence electrons. The molecule has 2 rings (SSSR count). The van der Waals surface area contributed by atoms with Gasteiger partial charge in [-0.2, -0.15) is 0 Å². The van der Waals surface area contributed by atoms with Gasteiger partial charge in [-0.15, -0.1) is 0 Å². The maximum atomic E-state index is 11.9. The van der Waals surface area contributed by atoms with Gasteiger partial charge in [-0.1, -0.05) is 17.7 Å². The van der Waals surface area contributed by atoms with E-state index in [1.165, 1.54) is 0 Å². The van der Waals surface area contributed by atoms with E-state index in [4.69, 9.17) is 16.7 Å². The maximum Gasteiger partial charge on any atom is 0.319 e. The third-order valence-electron chi connectivity index (χ3n) is 3.10. The number of carbonyl (C=O) groups is 2. The number of hydrogen-bond acceptors (Lipinski definition) is 2. The van der Waals surface area contributed by atoms with Crippen molar-refractivity contribution in [2.45, 2.75) is 25.3 Å². The Bertz CT molecular complexity index is 534. The van der Waals surface area contributed by atoms with Crippen LogP contribution >= 0.6 is 27.5 Å². The molecule has 0 spiro atoms. The van der Waals surface area contributed by atoms with Gasteiger partial charge in [-0.3, -0.25) is 4.79 Å². The first-order valence-electron chi connectivity index (χ1n) is 6.20. The van der Waals surface area contributed by atoms with Crippen molar-refractivity contribution in [2.75, 3.05) is 5.32 Å². The van der Waals surface area contributed by atoms with Gasteiger partial charge < -0.3 is 15.7 Å². The number of carboxylic acids is 1. The number of anilines is 1. The van der Waals surface area contributed by atoms with Crippen LogP contribution in [0, 0.1) is 5.92 Å². The van der Waals surface area contributed by atoms with E-state index in [-0.39, 0.29) is 18.4 Å². The fraction of sp³-hybridized carbons (Fsp3) is 0.385. The van der Waals surface area contributed by atoms with Crippen molar-refractivity contribution in [3.05, 3.63) is 27.7 Å². The first kappa shape index (κ1) is 15.1. The lowest BCUT2D eigenvalue weighted by Crippen LogP contribution is -2.40. The van der Waals surface area contributed by atoms with Gasteiger partial charge in [0.25, 0.3) is 0 Å². The number of carbonyl (C=O) groups excluding carboxylic acids is 1. The minimum absolute atomic E-state index is 0.0607. The number of aliphatic carboxylic acids is 1. The number of urea groups is 1. The maximum absolute atomic E-state index is 11.9. The summed E-state index contributed by atoms with van der Waals surface area (Å²) in [6.45, 7) is 0. The number of amides is 2. The zero-order valence-electron chi connectivity index (χ0n) is 10.5. The van der Waals surface area contributed by atoms with E-state index in [0.717, 1.165) is 12.8 Å². The van der Waals surface area contributed by atoms with Crippen LogP contribution in [-0.2, 0) is 4.79 Å². The Morgan fingerprint density at radius 1 is 1.45 bits per heavy atom. The highest BCUT2D eigenvalue weighted by atomic mass is 79.9. The predicted octanol–water partition coefficient (Wildman–Crippen LogP) is 3.48. The molecule has 0 saturated heterocycles. The fourth-order valence-corrected chi connectivity index (χ4v) is 2.49. The van der Waals surface area contributed by atoms with Crippen LogP contribution in [0.15, 0.2) is 22.7 Å². The standard InChI is InChI=1S/C13H14BrClN2O3/c14-12-8(15)2-1-3-9(12)16-13(20)17-10(6-11(18)19)7-4-5-7/h1-3,7,10H,4-6H2,(H,18,19)(H2,16,17,20). The lowest BCUT2D eigenvalue weighted by Gasteiger charge is -2.17. The van der Waals surface area contributed by atoms with Crippen molar-refractivity contribution in [2.24, 2.45) is 5.92 Å². The highest BCUT2D eigenvalue weighted by molar-refractivity contribution is 9.10. The van der Waals surface area contributed by atoms with E-state index in [9.17, 15) is 9.59 Å². The molecular weight excluding hydrogens is 348 g/mol. The summed E-state index contributed by atoms with van der Waals surface area (Å²) in [5.41, 5.74) is 0.542. The molecule has 1 aromatic carbocycles. The molecular formula is C13H14BrClN2O3. The summed E-state index contributed by atoms with van der Waals surface area (Å²) < 4.78 is 0.595. The Hall–Kier alpha value is -1.27. The van der Waals surface area contributed by atoms with Crippen LogP contribution < -0.4 is 10.6 Å². The second-order valence-corrected chi connectivity index (χ2v) is 5.94. The summed E-state index contributed by atoms with van der Waals surface area (Å²) in [6.07, 6.45) is 1.85. The lowest BCUT2D eigenvalue weighted by atomic mass is 10.1. The van der Waals surface area contributed by atoms with E-state index in [2.05, 4.69) is 26.6 Å². The van der Waals surface area contributed by atoms with Gasteiger partial charge in [0.1, 0.15) is 0 Å². The number of carboxylic acid groups (broad SMARTS) is 1. The molecule has 20 heavy (non-hydrogen) atoms. The Morgan fingerprint density at radius 2 is 2.15 bits per heavy atom. The average molecular weight is 362 g/mol. The Labute approximate surface area is 129 Å². The topological polar surface area (TPSA) is 78.4 Å². The average Bonchev–Trinajstić information content (AvgIpc) is 3.17. The number of hydrogen-bond donors (Lipinski definition) is 3. The quantitative estimate of drug-likeness (QED) is 0.751. The summed E-state index contributed by atoms with van der Waals surface area (Å²) in [7, 11) is 0. The van der Waals surface area contributed by atoms with Gasteiger partial charge >= 0.3 is 12.0 Å². The highest BCUT2D eigenvalue weighted by Gasteiger charge is 2.33. The van der Waals surface area contributed by atoms with Gasteiger partial charge in [-0.05, 0) is 46.8 Å². The first-order chi connectivity index (χ1) is 9.47. The molecule has 1 aliphatic rings. The third-order valence-corrected chi connectivity index (χ3v) is 4.50. The number of halogens is 2. The monoisotopic (exact) mass is 360 g/mol. The van der Waals surface area contributed by atoms with Gasteiger partial charge in [0.15, 0.2) is 0 Å². The zero-order valence-corrected chi connectivity index (χ0v) is 12.9. The molecule has 2 amide bonds. The van der Waals surface area contributed by atoms with Gasteiger partial charge in [-0.25, -0.2) is 4.79 Å². The second-order valence-electron chi connectivity index (χ2n) is 4.74. The molecule has 3 N–H and O–H groups in total. The third kappa shape index (κ3) is 4.11. The van der Waals surface area contributed by atoms with Crippen molar-refractivity contribution in [1.29, 1.82) is 0 Å². The Kier molecular flexibility index (Phi) is 4.88. The van der Waals surface area contributed by atoms with Gasteiger partial charge in [0, 0.05) is 6.04 Å². The minimum atomic E-state index is -0.911. The number of benzene rings is 1. The molecule has 5 nitrogen and oxygen atoms in total. The summed E-state index contributed by atoms with van der Waals surface area (Å²) >= 11 is 9.22. The molecule has 7 heteroatoms. The van der Waals surface area contributed by atoms with E-state index >= 15 is 0 Å². The van der Waals surface area contributed by atoms with Crippen molar-refractivity contribution in [3.8, 4) is 0 Å². The second kappa shape index (κ2) is 6.45. The summed E-state index contributed by atoms with van der Waals surface area (Å²) in [6, 6.07) is 4.38. The van der Waals surface area contributed by atoms with Crippen LogP contribution in [0.1, 0.15) is 19.3 Å². The van der Waals surface area contributed by atoms with E-state index in [1.807, 2.05) is 0 Å². The largest absolute Gasteiger partial charge is 0.481 e. The molecule has 0 bridgehead atoms. The molecule has 1 unspecified atom stereocenters. The lowest BCUT2D eigenvalue weighted by molar-refractivity contribution is -0.137. The molecule has 0 radical (unpaired) electrons. The molecule has 1 aliphatic carbocycles. The molecule has 1 fully saturated rings. The van der Waals surface area contributed by atoms with Crippen molar-refractivity contribution >= 4 is 45.2 Å². The molecule has 1 saturated carbocycles. The predicted molar refractivity (Wildman–Crippen MR) is 80.1 cm³/mol. The van der Waals surface area contributed by atoms with Crippen LogP contribution in [0.25, 0.3) is 0 Å². The van der Waals surface area contributed by atoms with Crippen LogP contribution in [0.2, 0.25) is 5.02 Å². The molecule has 1 aromatic rings. The number of nitrogens with one attached hydrogen (secondary N) is 2. The van der Waals surface area contributed by atoms with Crippen LogP contribution in [0.4, 0.5) is 10.5 Å². The summed E-state index contributed by atoms with van der Waals surface area (Å²) in [4.78, 5) is 22.7. The van der Waals surface area contributed by atoms with E-state index < -0.39 is 12.0 Å². The first-order valence-corrected chi connectivity index (χ1v) is 7.38. The van der Waals surface area contributed by atoms with E-state index in [0.29, 0.717) is 15.2 Å². The molecule has 1 atom stereocenters. The summed E-state index contributed by atoms with van der Waals surface area (Å²) in [5, 5.41) is 14.7. The highest BCUT2D eigenvalue weighted by Crippen LogP contribution is 2.34. The normalized spacial score (nSPS) is 15.5. The van der Waals surface area contributed by atoms with Crippen LogP contribution in [0.3, 0.4) is 0 Å². The van der Waals surface area contributed by atoms with E-state index in [1.54, 1.807) is 18.2 Å². The van der Waals surface area contributed by atoms with Gasteiger partial charge in [0.2, 0.25) is 0 Å². The fourth-order valence-electron chi connectivity index (χ4n) is 1.95. The molecule has 0 aliphatic heterocycles. The number of rotatable bonds is 5. The zero-order chi connectivity index (χ0) is 14.7.